The summed E-state index contributed by atoms with van der Waals surface area (Å²) >= 11 is 0. The van der Waals surface area contributed by atoms with Gasteiger partial charge in [0.1, 0.15) is 11.4 Å². The van der Waals surface area contributed by atoms with Crippen molar-refractivity contribution in [3.8, 4) is 5.75 Å². The van der Waals surface area contributed by atoms with E-state index in [1.807, 2.05) is 0 Å². The Bertz CT molecular complexity index is 331. The van der Waals surface area contributed by atoms with Gasteiger partial charge >= 0.3 is 0 Å². The van der Waals surface area contributed by atoms with Crippen molar-refractivity contribution in [2.24, 2.45) is 5.73 Å². The first-order valence-electron chi connectivity index (χ1n) is 3.91. The summed E-state index contributed by atoms with van der Waals surface area (Å²) in [5, 5.41) is 0. The highest BCUT2D eigenvalue weighted by molar-refractivity contribution is 5.56. The number of aromatic nitrogens is 1. The fourth-order valence-corrected chi connectivity index (χ4v) is 1.19. The maximum Gasteiger partial charge on any atom is 0.280 e. The average Bonchev–Trinajstić information content (AvgIpc) is 2.16. The van der Waals surface area contributed by atoms with Crippen LogP contribution in [0.2, 0.25) is 0 Å². The number of hydrogen-bond acceptors (Lipinski definition) is 4. The predicted molar refractivity (Wildman–Crippen MR) is 48.0 cm³/mol. The van der Waals surface area contributed by atoms with Gasteiger partial charge in [-0.15, -0.1) is 0 Å². The number of alkyl halides is 2. The van der Waals surface area contributed by atoms with Gasteiger partial charge in [0, 0.05) is 12.1 Å². The first-order valence-corrected chi connectivity index (χ1v) is 3.91. The van der Waals surface area contributed by atoms with E-state index in [1.54, 1.807) is 0 Å². The molecule has 0 bridgehead atoms. The zero-order valence-electron chi connectivity index (χ0n) is 7.63. The van der Waals surface area contributed by atoms with E-state index in [-0.39, 0.29) is 29.2 Å². The summed E-state index contributed by atoms with van der Waals surface area (Å²) in [5.74, 6) is 0.179. The van der Waals surface area contributed by atoms with E-state index in [1.165, 1.54) is 7.11 Å². The number of anilines is 1. The maximum absolute atomic E-state index is 12.4. The summed E-state index contributed by atoms with van der Waals surface area (Å²) in [7, 11) is 1.35. The second-order valence-electron chi connectivity index (χ2n) is 2.62. The van der Waals surface area contributed by atoms with Gasteiger partial charge in [0.2, 0.25) is 0 Å². The SMILES string of the molecule is COc1c(N)cnc(C(F)F)c1CN. The maximum atomic E-state index is 12.4. The molecule has 0 saturated heterocycles. The van der Waals surface area contributed by atoms with Crippen LogP contribution in [0.15, 0.2) is 6.20 Å². The lowest BCUT2D eigenvalue weighted by atomic mass is 10.1. The lowest BCUT2D eigenvalue weighted by Gasteiger charge is -2.12. The van der Waals surface area contributed by atoms with E-state index in [4.69, 9.17) is 16.2 Å². The number of ether oxygens (including phenoxy) is 1. The third-order valence-electron chi connectivity index (χ3n) is 1.80. The molecule has 1 heterocycles. The number of nitrogens with two attached hydrogens (primary N) is 2. The molecule has 14 heavy (non-hydrogen) atoms. The van der Waals surface area contributed by atoms with Gasteiger partial charge in [-0.25, -0.2) is 8.78 Å². The van der Waals surface area contributed by atoms with Crippen molar-refractivity contribution in [3.05, 3.63) is 17.5 Å². The second kappa shape index (κ2) is 4.19. The van der Waals surface area contributed by atoms with Crippen LogP contribution in [-0.2, 0) is 6.54 Å². The Kier molecular flexibility index (Phi) is 3.19. The summed E-state index contributed by atoms with van der Waals surface area (Å²) in [5.41, 5.74) is 10.8. The van der Waals surface area contributed by atoms with E-state index in [2.05, 4.69) is 4.98 Å². The van der Waals surface area contributed by atoms with Crippen LogP contribution in [0.25, 0.3) is 0 Å². The molecule has 0 saturated carbocycles. The third-order valence-corrected chi connectivity index (χ3v) is 1.80. The number of hydrogen-bond donors (Lipinski definition) is 2. The molecule has 0 atom stereocenters. The van der Waals surface area contributed by atoms with E-state index in [0.717, 1.165) is 6.20 Å². The molecular formula is C8H11F2N3O. The molecule has 6 heteroatoms. The Morgan fingerprint density at radius 2 is 2.21 bits per heavy atom. The Balaban J connectivity index is 3.33. The number of nitrogens with zero attached hydrogens (tertiary/aromatic N) is 1. The Hall–Kier alpha value is -1.43. The van der Waals surface area contributed by atoms with Crippen molar-refractivity contribution in [2.75, 3.05) is 12.8 Å². The first-order chi connectivity index (χ1) is 6.61. The van der Waals surface area contributed by atoms with Crippen molar-refractivity contribution in [1.82, 2.24) is 4.98 Å². The van der Waals surface area contributed by atoms with Gasteiger partial charge in [0.25, 0.3) is 6.43 Å². The largest absolute Gasteiger partial charge is 0.494 e. The van der Waals surface area contributed by atoms with E-state index < -0.39 is 6.43 Å². The molecule has 1 aromatic heterocycles. The molecular weight excluding hydrogens is 192 g/mol. The van der Waals surface area contributed by atoms with Crippen LogP contribution >= 0.6 is 0 Å². The molecule has 0 amide bonds. The normalized spacial score (nSPS) is 10.6. The van der Waals surface area contributed by atoms with Crippen LogP contribution in [0.4, 0.5) is 14.5 Å². The number of halogens is 2. The van der Waals surface area contributed by atoms with Crippen LogP contribution in [0.1, 0.15) is 17.7 Å². The van der Waals surface area contributed by atoms with Gasteiger partial charge in [-0.3, -0.25) is 4.98 Å². The van der Waals surface area contributed by atoms with Gasteiger partial charge in [0.15, 0.2) is 0 Å². The highest BCUT2D eigenvalue weighted by Crippen LogP contribution is 2.31. The zero-order valence-corrected chi connectivity index (χ0v) is 7.63. The average molecular weight is 203 g/mol. The molecule has 4 N–H and O–H groups in total. The highest BCUT2D eigenvalue weighted by atomic mass is 19.3. The third kappa shape index (κ3) is 1.74. The summed E-state index contributed by atoms with van der Waals surface area (Å²) in [6.07, 6.45) is -1.54. The molecule has 1 aromatic rings. The van der Waals surface area contributed by atoms with E-state index >= 15 is 0 Å². The van der Waals surface area contributed by atoms with Crippen LogP contribution < -0.4 is 16.2 Å². The number of pyridine rings is 1. The minimum absolute atomic E-state index is 0.0825. The van der Waals surface area contributed by atoms with Gasteiger partial charge < -0.3 is 16.2 Å². The molecule has 0 aliphatic heterocycles. The molecule has 0 spiro atoms. The zero-order chi connectivity index (χ0) is 10.7. The minimum atomic E-state index is -2.68. The van der Waals surface area contributed by atoms with Crippen molar-refractivity contribution in [3.63, 3.8) is 0 Å². The monoisotopic (exact) mass is 203 g/mol. The predicted octanol–water partition coefficient (Wildman–Crippen LogP) is 1.07. The van der Waals surface area contributed by atoms with Crippen molar-refractivity contribution in [2.45, 2.75) is 13.0 Å². The molecule has 0 unspecified atom stereocenters. The van der Waals surface area contributed by atoms with Gasteiger partial charge in [-0.2, -0.15) is 0 Å². The minimum Gasteiger partial charge on any atom is -0.494 e. The second-order valence-corrected chi connectivity index (χ2v) is 2.62. The lowest BCUT2D eigenvalue weighted by Crippen LogP contribution is -2.09. The smallest absolute Gasteiger partial charge is 0.280 e. The van der Waals surface area contributed by atoms with Gasteiger partial charge in [-0.1, -0.05) is 0 Å². The van der Waals surface area contributed by atoms with E-state index in [0.29, 0.717) is 0 Å². The molecule has 0 radical (unpaired) electrons. The molecule has 0 fully saturated rings. The van der Waals surface area contributed by atoms with Gasteiger partial charge in [0.05, 0.1) is 19.0 Å². The van der Waals surface area contributed by atoms with Gasteiger partial charge in [-0.05, 0) is 0 Å². The quantitative estimate of drug-likeness (QED) is 0.770. The summed E-state index contributed by atoms with van der Waals surface area (Å²) < 4.78 is 29.8. The van der Waals surface area contributed by atoms with Crippen molar-refractivity contribution >= 4 is 5.69 Å². The number of methoxy groups -OCH3 is 1. The van der Waals surface area contributed by atoms with E-state index in [9.17, 15) is 8.78 Å². The first kappa shape index (κ1) is 10.6. The standard InChI is InChI=1S/C8H11F2N3O/c1-14-7-4(2-11)6(8(9)10)13-3-5(7)12/h3,8H,2,11-12H2,1H3. The van der Waals surface area contributed by atoms with Crippen molar-refractivity contribution in [1.29, 1.82) is 0 Å². The van der Waals surface area contributed by atoms with Crippen LogP contribution in [0.3, 0.4) is 0 Å². The highest BCUT2D eigenvalue weighted by Gasteiger charge is 2.19. The number of nitrogen functional groups attached to an aromatic ring is 1. The molecule has 78 valence electrons. The molecule has 0 aliphatic rings. The molecule has 4 nitrogen and oxygen atoms in total. The molecule has 0 aromatic carbocycles. The fourth-order valence-electron chi connectivity index (χ4n) is 1.19. The summed E-state index contributed by atoms with van der Waals surface area (Å²) in [6, 6.07) is 0. The number of rotatable bonds is 3. The van der Waals surface area contributed by atoms with Crippen LogP contribution in [-0.4, -0.2) is 12.1 Å². The summed E-state index contributed by atoms with van der Waals surface area (Å²) in [4.78, 5) is 3.52. The topological polar surface area (TPSA) is 74.2 Å². The molecule has 1 rings (SSSR count). The van der Waals surface area contributed by atoms with Crippen LogP contribution in [0.5, 0.6) is 5.75 Å². The Morgan fingerprint density at radius 3 is 2.64 bits per heavy atom. The Labute approximate surface area is 79.9 Å². The molecule has 0 aliphatic carbocycles. The fraction of sp³-hybridized carbons (Fsp3) is 0.375. The lowest BCUT2D eigenvalue weighted by molar-refractivity contribution is 0.144. The Morgan fingerprint density at radius 1 is 1.57 bits per heavy atom. The van der Waals surface area contributed by atoms with Crippen LogP contribution in [0, 0.1) is 0 Å². The van der Waals surface area contributed by atoms with Crippen molar-refractivity contribution < 1.29 is 13.5 Å². The summed E-state index contributed by atoms with van der Waals surface area (Å²) in [6.45, 7) is -0.0825.